The van der Waals surface area contributed by atoms with Gasteiger partial charge in [-0.2, -0.15) is 0 Å². The maximum absolute atomic E-state index is 12.4. The lowest BCUT2D eigenvalue weighted by Gasteiger charge is -2.17. The molecule has 1 aromatic carbocycles. The average Bonchev–Trinajstić information content (AvgIpc) is 3.31. The van der Waals surface area contributed by atoms with Crippen LogP contribution in [0.4, 0.5) is 5.69 Å². The van der Waals surface area contributed by atoms with Gasteiger partial charge in [0.1, 0.15) is 5.92 Å². The number of anilines is 1. The number of para-hydroxylation sites is 1. The maximum Gasteiger partial charge on any atom is 0.312 e. The number of carbonyl (C=O) groups excluding carboxylic acids is 2. The molecule has 1 aliphatic carbocycles. The highest BCUT2D eigenvalue weighted by Gasteiger charge is 2.36. The summed E-state index contributed by atoms with van der Waals surface area (Å²) in [7, 11) is 0. The van der Waals surface area contributed by atoms with Crippen molar-refractivity contribution >= 4 is 23.5 Å². The fraction of sp³-hybridized carbons (Fsp3) is 0.471. The van der Waals surface area contributed by atoms with Gasteiger partial charge in [-0.05, 0) is 30.9 Å². The number of nitrogens with one attached hydrogen (secondary N) is 1. The molecule has 6 nitrogen and oxygen atoms in total. The minimum Gasteiger partial charge on any atom is -0.481 e. The Morgan fingerprint density at radius 1 is 1.22 bits per heavy atom. The molecule has 0 radical (unpaired) electrons. The summed E-state index contributed by atoms with van der Waals surface area (Å²) in [5.74, 6) is -1.42. The fourth-order valence-electron chi connectivity index (χ4n) is 2.93. The molecule has 0 aromatic heterocycles. The van der Waals surface area contributed by atoms with Gasteiger partial charge in [0.05, 0.1) is 0 Å². The molecule has 2 amide bonds. The Morgan fingerprint density at radius 2 is 1.96 bits per heavy atom. The van der Waals surface area contributed by atoms with E-state index in [1.807, 2.05) is 0 Å². The second-order valence-electron chi connectivity index (χ2n) is 6.12. The van der Waals surface area contributed by atoms with Crippen molar-refractivity contribution in [1.82, 2.24) is 5.32 Å². The summed E-state index contributed by atoms with van der Waals surface area (Å²) in [4.78, 5) is 36.8. The van der Waals surface area contributed by atoms with Gasteiger partial charge in [-0.15, -0.1) is 0 Å². The van der Waals surface area contributed by atoms with E-state index in [2.05, 4.69) is 5.32 Å². The van der Waals surface area contributed by atoms with Gasteiger partial charge in [0, 0.05) is 31.1 Å². The molecule has 2 N–H and O–H groups in total. The SMILES string of the molecule is O=C(NCCCC(=O)N1CC(C(=O)O)c2ccccc21)C1CC1. The van der Waals surface area contributed by atoms with Gasteiger partial charge in [-0.25, -0.2) is 0 Å². The summed E-state index contributed by atoms with van der Waals surface area (Å²) in [6.45, 7) is 0.668. The quantitative estimate of drug-likeness (QED) is 0.779. The molecule has 3 rings (SSSR count). The Bertz CT molecular complexity index is 639. The normalized spacial score (nSPS) is 19.3. The number of carboxylic acid groups (broad SMARTS) is 1. The zero-order chi connectivity index (χ0) is 16.4. The molecule has 1 aromatic rings. The van der Waals surface area contributed by atoms with E-state index in [0.29, 0.717) is 30.6 Å². The number of carboxylic acids is 1. The molecule has 1 unspecified atom stereocenters. The topological polar surface area (TPSA) is 86.7 Å². The van der Waals surface area contributed by atoms with Crippen LogP contribution in [0.1, 0.15) is 37.2 Å². The van der Waals surface area contributed by atoms with Crippen molar-refractivity contribution in [1.29, 1.82) is 0 Å². The minimum atomic E-state index is -0.913. The first-order valence-electron chi connectivity index (χ1n) is 7.97. The van der Waals surface area contributed by atoms with Crippen LogP contribution in [0.5, 0.6) is 0 Å². The highest BCUT2D eigenvalue weighted by atomic mass is 16.4. The number of hydrogen-bond donors (Lipinski definition) is 2. The molecule has 2 aliphatic rings. The van der Waals surface area contributed by atoms with E-state index in [4.69, 9.17) is 0 Å². The molecule has 1 atom stereocenters. The minimum absolute atomic E-state index is 0.0786. The number of fused-ring (bicyclic) bond motifs is 1. The predicted molar refractivity (Wildman–Crippen MR) is 84.1 cm³/mol. The van der Waals surface area contributed by atoms with Gasteiger partial charge in [-0.1, -0.05) is 18.2 Å². The van der Waals surface area contributed by atoms with Gasteiger partial charge in [0.2, 0.25) is 11.8 Å². The van der Waals surface area contributed by atoms with E-state index < -0.39 is 11.9 Å². The number of rotatable bonds is 6. The molecular weight excluding hydrogens is 296 g/mol. The molecular formula is C17H20N2O4. The average molecular weight is 316 g/mol. The molecule has 23 heavy (non-hydrogen) atoms. The first-order chi connectivity index (χ1) is 11.1. The van der Waals surface area contributed by atoms with E-state index in [1.54, 1.807) is 29.2 Å². The Hall–Kier alpha value is -2.37. The van der Waals surface area contributed by atoms with Crippen molar-refractivity contribution in [3.8, 4) is 0 Å². The van der Waals surface area contributed by atoms with Gasteiger partial charge in [0.25, 0.3) is 0 Å². The van der Waals surface area contributed by atoms with Crippen LogP contribution >= 0.6 is 0 Å². The lowest BCUT2D eigenvalue weighted by atomic mass is 10.0. The molecule has 0 saturated heterocycles. The first-order valence-corrected chi connectivity index (χ1v) is 7.97. The third kappa shape index (κ3) is 3.36. The summed E-state index contributed by atoms with van der Waals surface area (Å²) in [5, 5.41) is 12.1. The summed E-state index contributed by atoms with van der Waals surface area (Å²) in [5.41, 5.74) is 1.38. The van der Waals surface area contributed by atoms with Crippen LogP contribution in [0.15, 0.2) is 24.3 Å². The standard InChI is InChI=1S/C17H20N2O4/c20-15(6-3-9-18-16(21)11-7-8-11)19-10-13(17(22)23)12-4-1-2-5-14(12)19/h1-2,4-5,11,13H,3,6-10H2,(H,18,21)(H,22,23). The number of amides is 2. The van der Waals surface area contributed by atoms with Crippen molar-refractivity contribution in [2.75, 3.05) is 18.0 Å². The fourth-order valence-corrected chi connectivity index (χ4v) is 2.93. The van der Waals surface area contributed by atoms with Crippen LogP contribution in [-0.2, 0) is 14.4 Å². The van der Waals surface area contributed by atoms with Crippen molar-refractivity contribution in [3.05, 3.63) is 29.8 Å². The number of aliphatic carboxylic acids is 1. The monoisotopic (exact) mass is 316 g/mol. The van der Waals surface area contributed by atoms with Crippen molar-refractivity contribution in [2.45, 2.75) is 31.6 Å². The maximum atomic E-state index is 12.4. The van der Waals surface area contributed by atoms with Crippen LogP contribution in [0, 0.1) is 5.92 Å². The van der Waals surface area contributed by atoms with Crippen LogP contribution in [-0.4, -0.2) is 36.0 Å². The third-order valence-corrected chi connectivity index (χ3v) is 4.38. The van der Waals surface area contributed by atoms with Crippen LogP contribution in [0.2, 0.25) is 0 Å². The summed E-state index contributed by atoms with van der Waals surface area (Å²) >= 11 is 0. The second kappa shape index (κ2) is 6.40. The smallest absolute Gasteiger partial charge is 0.312 e. The zero-order valence-corrected chi connectivity index (χ0v) is 12.8. The van der Waals surface area contributed by atoms with E-state index in [0.717, 1.165) is 12.8 Å². The van der Waals surface area contributed by atoms with Gasteiger partial charge in [-0.3, -0.25) is 14.4 Å². The van der Waals surface area contributed by atoms with Crippen molar-refractivity contribution in [2.24, 2.45) is 5.92 Å². The summed E-state index contributed by atoms with van der Waals surface area (Å²) < 4.78 is 0. The van der Waals surface area contributed by atoms with Gasteiger partial charge in [0.15, 0.2) is 0 Å². The summed E-state index contributed by atoms with van der Waals surface area (Å²) in [6, 6.07) is 7.14. The van der Waals surface area contributed by atoms with E-state index in [-0.39, 0.29) is 24.3 Å². The third-order valence-electron chi connectivity index (χ3n) is 4.38. The second-order valence-corrected chi connectivity index (χ2v) is 6.12. The lowest BCUT2D eigenvalue weighted by molar-refractivity contribution is -0.138. The number of nitrogens with zero attached hydrogens (tertiary/aromatic N) is 1. The summed E-state index contributed by atoms with van der Waals surface area (Å²) in [6.07, 6.45) is 2.79. The van der Waals surface area contributed by atoms with Crippen LogP contribution in [0.3, 0.4) is 0 Å². The van der Waals surface area contributed by atoms with Crippen molar-refractivity contribution < 1.29 is 19.5 Å². The van der Waals surface area contributed by atoms with Crippen LogP contribution < -0.4 is 10.2 Å². The zero-order valence-electron chi connectivity index (χ0n) is 12.8. The van der Waals surface area contributed by atoms with Gasteiger partial charge < -0.3 is 15.3 Å². The molecule has 6 heteroatoms. The molecule has 1 heterocycles. The molecule has 0 bridgehead atoms. The largest absolute Gasteiger partial charge is 0.481 e. The van der Waals surface area contributed by atoms with Gasteiger partial charge >= 0.3 is 5.97 Å². The number of carbonyl (C=O) groups is 3. The number of benzene rings is 1. The Morgan fingerprint density at radius 3 is 2.65 bits per heavy atom. The number of hydrogen-bond acceptors (Lipinski definition) is 3. The highest BCUT2D eigenvalue weighted by molar-refractivity contribution is 5.98. The Balaban J connectivity index is 1.55. The van der Waals surface area contributed by atoms with E-state index in [9.17, 15) is 19.5 Å². The Kier molecular flexibility index (Phi) is 4.32. The predicted octanol–water partition coefficient (Wildman–Crippen LogP) is 1.51. The van der Waals surface area contributed by atoms with E-state index in [1.165, 1.54) is 0 Å². The molecule has 1 saturated carbocycles. The van der Waals surface area contributed by atoms with E-state index >= 15 is 0 Å². The highest BCUT2D eigenvalue weighted by Crippen LogP contribution is 2.36. The molecule has 0 spiro atoms. The molecule has 122 valence electrons. The lowest BCUT2D eigenvalue weighted by Crippen LogP contribution is -2.32. The Labute approximate surface area is 134 Å². The van der Waals surface area contributed by atoms with Crippen LogP contribution in [0.25, 0.3) is 0 Å². The van der Waals surface area contributed by atoms with Crippen molar-refractivity contribution in [3.63, 3.8) is 0 Å². The molecule has 1 fully saturated rings. The first kappa shape index (κ1) is 15.5. The molecule has 1 aliphatic heterocycles.